The van der Waals surface area contributed by atoms with E-state index in [0.29, 0.717) is 11.0 Å². The maximum atomic E-state index is 11.8. The molecule has 0 unspecified atom stereocenters. The molecule has 88 valence electrons. The number of carbonyl (C=O) groups excluding carboxylic acids is 3. The zero-order chi connectivity index (χ0) is 11.9. The summed E-state index contributed by atoms with van der Waals surface area (Å²) in [6, 6.07) is 0. The maximum absolute atomic E-state index is 11.8. The SMILES string of the molecule is CC(C)(C(=O)ON1C(=O)CCC1=O)C1CC1. The fourth-order valence-electron chi connectivity index (χ4n) is 1.83. The summed E-state index contributed by atoms with van der Waals surface area (Å²) in [6.45, 7) is 3.58. The van der Waals surface area contributed by atoms with Crippen molar-refractivity contribution in [2.45, 2.75) is 39.5 Å². The largest absolute Gasteiger partial charge is 0.338 e. The Hall–Kier alpha value is -1.39. The van der Waals surface area contributed by atoms with Crippen LogP contribution in [0.2, 0.25) is 0 Å². The van der Waals surface area contributed by atoms with E-state index in [1.807, 2.05) is 0 Å². The van der Waals surface area contributed by atoms with Crippen molar-refractivity contribution in [1.29, 1.82) is 0 Å². The molecule has 16 heavy (non-hydrogen) atoms. The van der Waals surface area contributed by atoms with Gasteiger partial charge in [0, 0.05) is 12.8 Å². The fourth-order valence-corrected chi connectivity index (χ4v) is 1.83. The number of hydroxylamine groups is 2. The lowest BCUT2D eigenvalue weighted by molar-refractivity contribution is -0.205. The molecule has 2 rings (SSSR count). The van der Waals surface area contributed by atoms with Gasteiger partial charge in [-0.05, 0) is 32.6 Å². The zero-order valence-corrected chi connectivity index (χ0v) is 9.49. The minimum absolute atomic E-state index is 0.135. The van der Waals surface area contributed by atoms with Crippen molar-refractivity contribution in [2.24, 2.45) is 11.3 Å². The van der Waals surface area contributed by atoms with Crippen LogP contribution in [0.1, 0.15) is 39.5 Å². The summed E-state index contributed by atoms with van der Waals surface area (Å²) in [6.07, 6.45) is 2.28. The summed E-state index contributed by atoms with van der Waals surface area (Å²) >= 11 is 0. The second-order valence-corrected chi connectivity index (χ2v) is 4.96. The van der Waals surface area contributed by atoms with Gasteiger partial charge in [0.2, 0.25) is 0 Å². The molecule has 1 aliphatic carbocycles. The van der Waals surface area contributed by atoms with E-state index in [1.54, 1.807) is 13.8 Å². The minimum atomic E-state index is -0.608. The van der Waals surface area contributed by atoms with Gasteiger partial charge in [0.05, 0.1) is 5.41 Å². The van der Waals surface area contributed by atoms with Crippen LogP contribution in [-0.4, -0.2) is 22.8 Å². The van der Waals surface area contributed by atoms with E-state index in [1.165, 1.54) is 0 Å². The van der Waals surface area contributed by atoms with E-state index in [2.05, 4.69) is 0 Å². The Morgan fingerprint density at radius 2 is 1.75 bits per heavy atom. The van der Waals surface area contributed by atoms with E-state index >= 15 is 0 Å². The van der Waals surface area contributed by atoms with Gasteiger partial charge in [-0.15, -0.1) is 5.06 Å². The second kappa shape index (κ2) is 3.57. The van der Waals surface area contributed by atoms with Gasteiger partial charge in [0.15, 0.2) is 0 Å². The quantitative estimate of drug-likeness (QED) is 0.673. The number of amides is 2. The highest BCUT2D eigenvalue weighted by molar-refractivity contribution is 6.01. The average Bonchev–Trinajstić information content (AvgIpc) is 3.01. The molecule has 5 heteroatoms. The van der Waals surface area contributed by atoms with Gasteiger partial charge >= 0.3 is 5.97 Å². The predicted molar refractivity (Wildman–Crippen MR) is 53.7 cm³/mol. The van der Waals surface area contributed by atoms with Crippen molar-refractivity contribution in [3.05, 3.63) is 0 Å². The molecule has 0 bridgehead atoms. The highest BCUT2D eigenvalue weighted by Gasteiger charge is 2.46. The van der Waals surface area contributed by atoms with Gasteiger partial charge in [-0.1, -0.05) is 0 Å². The molecular formula is C11H15NO4. The van der Waals surface area contributed by atoms with Gasteiger partial charge in [0.25, 0.3) is 11.8 Å². The fraction of sp³-hybridized carbons (Fsp3) is 0.727. The Balaban J connectivity index is 2.01. The van der Waals surface area contributed by atoms with Gasteiger partial charge < -0.3 is 4.84 Å². The number of carbonyl (C=O) groups is 3. The van der Waals surface area contributed by atoms with Crippen molar-refractivity contribution >= 4 is 17.8 Å². The van der Waals surface area contributed by atoms with Crippen LogP contribution in [0.3, 0.4) is 0 Å². The molecule has 0 N–H and O–H groups in total. The lowest BCUT2D eigenvalue weighted by Crippen LogP contribution is -2.38. The monoisotopic (exact) mass is 225 g/mol. The molecule has 1 heterocycles. The van der Waals surface area contributed by atoms with Crippen LogP contribution in [-0.2, 0) is 19.2 Å². The van der Waals surface area contributed by atoms with E-state index in [4.69, 9.17) is 4.84 Å². The third kappa shape index (κ3) is 1.81. The molecule has 0 atom stereocenters. The normalized spacial score (nSPS) is 21.5. The zero-order valence-electron chi connectivity index (χ0n) is 9.49. The van der Waals surface area contributed by atoms with Gasteiger partial charge in [-0.2, -0.15) is 0 Å². The molecular weight excluding hydrogens is 210 g/mol. The standard InChI is InChI=1S/C11H15NO4/c1-11(2,7-3-4-7)10(15)16-12-8(13)5-6-9(12)14/h7H,3-6H2,1-2H3. The molecule has 0 aromatic carbocycles. The second-order valence-electron chi connectivity index (χ2n) is 4.96. The molecule has 2 aliphatic rings. The Kier molecular flexibility index (Phi) is 2.48. The van der Waals surface area contributed by atoms with E-state index < -0.39 is 23.2 Å². The molecule has 2 fully saturated rings. The number of hydrogen-bond donors (Lipinski definition) is 0. The van der Waals surface area contributed by atoms with Crippen LogP contribution < -0.4 is 0 Å². The number of imide groups is 1. The van der Waals surface area contributed by atoms with Gasteiger partial charge in [0.1, 0.15) is 0 Å². The Morgan fingerprint density at radius 1 is 1.25 bits per heavy atom. The molecule has 5 nitrogen and oxygen atoms in total. The molecule has 1 saturated heterocycles. The van der Waals surface area contributed by atoms with E-state index in [9.17, 15) is 14.4 Å². The van der Waals surface area contributed by atoms with Crippen molar-refractivity contribution in [1.82, 2.24) is 5.06 Å². The summed E-state index contributed by atoms with van der Waals surface area (Å²) in [4.78, 5) is 39.2. The lowest BCUT2D eigenvalue weighted by Gasteiger charge is -2.23. The summed E-state index contributed by atoms with van der Waals surface area (Å²) in [5.74, 6) is -1.03. The summed E-state index contributed by atoms with van der Waals surface area (Å²) < 4.78 is 0. The number of nitrogens with zero attached hydrogens (tertiary/aromatic N) is 1. The highest BCUT2D eigenvalue weighted by atomic mass is 16.7. The molecule has 1 saturated carbocycles. The third-order valence-electron chi connectivity index (χ3n) is 3.30. The molecule has 2 amide bonds. The van der Waals surface area contributed by atoms with E-state index in [0.717, 1.165) is 12.8 Å². The highest BCUT2D eigenvalue weighted by Crippen LogP contribution is 2.46. The van der Waals surface area contributed by atoms with Crippen molar-refractivity contribution < 1.29 is 19.2 Å². The molecule has 0 aromatic rings. The van der Waals surface area contributed by atoms with Gasteiger partial charge in [-0.3, -0.25) is 9.59 Å². The molecule has 0 radical (unpaired) electrons. The lowest BCUT2D eigenvalue weighted by atomic mass is 9.88. The summed E-state index contributed by atoms with van der Waals surface area (Å²) in [5.41, 5.74) is -0.608. The number of rotatable bonds is 3. The first-order chi connectivity index (χ1) is 7.43. The Morgan fingerprint density at radius 3 is 2.19 bits per heavy atom. The van der Waals surface area contributed by atoms with Crippen molar-refractivity contribution in [3.63, 3.8) is 0 Å². The van der Waals surface area contributed by atoms with Crippen LogP contribution in [0.4, 0.5) is 0 Å². The van der Waals surface area contributed by atoms with Gasteiger partial charge in [-0.25, -0.2) is 4.79 Å². The van der Waals surface area contributed by atoms with E-state index in [-0.39, 0.29) is 12.8 Å². The Bertz CT molecular complexity index is 341. The van der Waals surface area contributed by atoms with Crippen LogP contribution >= 0.6 is 0 Å². The van der Waals surface area contributed by atoms with Crippen molar-refractivity contribution in [3.8, 4) is 0 Å². The third-order valence-corrected chi connectivity index (χ3v) is 3.30. The smallest absolute Gasteiger partial charge is 0.330 e. The molecule has 1 aliphatic heterocycles. The molecule has 0 spiro atoms. The number of hydrogen-bond acceptors (Lipinski definition) is 4. The maximum Gasteiger partial charge on any atom is 0.338 e. The average molecular weight is 225 g/mol. The first-order valence-corrected chi connectivity index (χ1v) is 5.51. The summed E-state index contributed by atoms with van der Waals surface area (Å²) in [5, 5.41) is 0.618. The van der Waals surface area contributed by atoms with Crippen LogP contribution in [0.15, 0.2) is 0 Å². The van der Waals surface area contributed by atoms with Crippen LogP contribution in [0.25, 0.3) is 0 Å². The topological polar surface area (TPSA) is 63.7 Å². The minimum Gasteiger partial charge on any atom is -0.330 e. The first kappa shape index (κ1) is 11.1. The van der Waals surface area contributed by atoms with Crippen molar-refractivity contribution in [2.75, 3.05) is 0 Å². The summed E-state index contributed by atoms with van der Waals surface area (Å²) in [7, 11) is 0. The van der Waals surface area contributed by atoms with Crippen LogP contribution in [0.5, 0.6) is 0 Å². The first-order valence-electron chi connectivity index (χ1n) is 5.51. The molecule has 0 aromatic heterocycles. The van der Waals surface area contributed by atoms with Crippen LogP contribution in [0, 0.1) is 11.3 Å². The Labute approximate surface area is 93.7 Å². The predicted octanol–water partition coefficient (Wildman–Crippen LogP) is 1.03.